The second kappa shape index (κ2) is 5.88. The van der Waals surface area contributed by atoms with Crippen molar-refractivity contribution in [3.05, 3.63) is 34.9 Å². The third-order valence-corrected chi connectivity index (χ3v) is 3.97. The molecule has 0 radical (unpaired) electrons. The molecule has 0 aliphatic carbocycles. The van der Waals surface area contributed by atoms with Crippen molar-refractivity contribution in [2.24, 2.45) is 5.92 Å². The summed E-state index contributed by atoms with van der Waals surface area (Å²) in [6.07, 6.45) is 3.91. The Morgan fingerprint density at radius 1 is 1.29 bits per heavy atom. The van der Waals surface area contributed by atoms with Crippen molar-refractivity contribution >= 4 is 11.6 Å². The van der Waals surface area contributed by atoms with E-state index in [0.29, 0.717) is 6.04 Å². The molecule has 0 spiro atoms. The van der Waals surface area contributed by atoms with Gasteiger partial charge in [0.15, 0.2) is 0 Å². The molecular formula is C15H22ClN. The molecule has 1 heterocycles. The van der Waals surface area contributed by atoms with E-state index in [1.807, 2.05) is 12.1 Å². The number of hydrogen-bond donors (Lipinski definition) is 0. The maximum atomic E-state index is 5.91. The molecule has 1 aliphatic heterocycles. The number of hydrogen-bond acceptors (Lipinski definition) is 1. The van der Waals surface area contributed by atoms with Gasteiger partial charge in [0.05, 0.1) is 0 Å². The van der Waals surface area contributed by atoms with Crippen molar-refractivity contribution < 1.29 is 0 Å². The highest BCUT2D eigenvalue weighted by atomic mass is 35.5. The monoisotopic (exact) mass is 251 g/mol. The van der Waals surface area contributed by atoms with E-state index in [9.17, 15) is 0 Å². The van der Waals surface area contributed by atoms with E-state index in [1.54, 1.807) is 0 Å². The van der Waals surface area contributed by atoms with Gasteiger partial charge in [-0.05, 0) is 63.3 Å². The summed E-state index contributed by atoms with van der Waals surface area (Å²) in [6.45, 7) is 7.12. The normalized spacial score (nSPS) is 22.0. The highest BCUT2D eigenvalue weighted by molar-refractivity contribution is 6.30. The lowest BCUT2D eigenvalue weighted by Crippen LogP contribution is -2.40. The summed E-state index contributed by atoms with van der Waals surface area (Å²) in [4.78, 5) is 2.60. The Hall–Kier alpha value is -0.530. The standard InChI is InChI=1S/C15H22ClN/c1-12(2)17-9-3-4-14(11-17)10-13-5-7-15(16)8-6-13/h5-8,12,14H,3-4,9-11H2,1-2H3. The van der Waals surface area contributed by atoms with Gasteiger partial charge in [-0.25, -0.2) is 0 Å². The Morgan fingerprint density at radius 3 is 2.65 bits per heavy atom. The van der Waals surface area contributed by atoms with E-state index < -0.39 is 0 Å². The van der Waals surface area contributed by atoms with Crippen LogP contribution in [0.5, 0.6) is 0 Å². The van der Waals surface area contributed by atoms with Crippen molar-refractivity contribution in [1.29, 1.82) is 0 Å². The van der Waals surface area contributed by atoms with Crippen LogP contribution in [-0.4, -0.2) is 24.0 Å². The molecular weight excluding hydrogens is 230 g/mol. The zero-order valence-corrected chi connectivity index (χ0v) is 11.6. The summed E-state index contributed by atoms with van der Waals surface area (Å²) in [5, 5.41) is 0.834. The molecule has 0 amide bonds. The maximum absolute atomic E-state index is 5.91. The molecule has 2 rings (SSSR count). The molecule has 1 aromatic carbocycles. The lowest BCUT2D eigenvalue weighted by molar-refractivity contribution is 0.139. The number of nitrogens with zero attached hydrogens (tertiary/aromatic N) is 1. The van der Waals surface area contributed by atoms with E-state index in [4.69, 9.17) is 11.6 Å². The minimum Gasteiger partial charge on any atom is -0.301 e. The van der Waals surface area contributed by atoms with Gasteiger partial charge < -0.3 is 4.90 Å². The van der Waals surface area contributed by atoms with Crippen LogP contribution in [0, 0.1) is 5.92 Å². The summed E-state index contributed by atoms with van der Waals surface area (Å²) in [5.74, 6) is 0.812. The molecule has 1 aromatic rings. The van der Waals surface area contributed by atoms with Crippen molar-refractivity contribution in [2.45, 2.75) is 39.2 Å². The Bertz CT molecular complexity index is 344. The molecule has 0 N–H and O–H groups in total. The van der Waals surface area contributed by atoms with Gasteiger partial charge in [0.1, 0.15) is 0 Å². The van der Waals surface area contributed by atoms with Crippen LogP contribution in [0.2, 0.25) is 5.02 Å². The van der Waals surface area contributed by atoms with Crippen molar-refractivity contribution in [3.8, 4) is 0 Å². The third kappa shape index (κ3) is 3.72. The average molecular weight is 252 g/mol. The van der Waals surface area contributed by atoms with E-state index in [-0.39, 0.29) is 0 Å². The minimum atomic E-state index is 0.683. The van der Waals surface area contributed by atoms with Crippen LogP contribution < -0.4 is 0 Å². The fourth-order valence-corrected chi connectivity index (χ4v) is 2.81. The first-order chi connectivity index (χ1) is 8.15. The van der Waals surface area contributed by atoms with E-state index >= 15 is 0 Å². The number of likely N-dealkylation sites (tertiary alicyclic amines) is 1. The van der Waals surface area contributed by atoms with Crippen LogP contribution in [0.4, 0.5) is 0 Å². The fourth-order valence-electron chi connectivity index (χ4n) is 2.69. The highest BCUT2D eigenvalue weighted by Gasteiger charge is 2.21. The molecule has 1 fully saturated rings. The summed E-state index contributed by atoms with van der Waals surface area (Å²) >= 11 is 5.91. The Labute approximate surface area is 110 Å². The molecule has 1 atom stereocenters. The predicted molar refractivity (Wildman–Crippen MR) is 74.6 cm³/mol. The zero-order valence-electron chi connectivity index (χ0n) is 10.8. The molecule has 0 aromatic heterocycles. The number of benzene rings is 1. The van der Waals surface area contributed by atoms with Gasteiger partial charge in [-0.3, -0.25) is 0 Å². The smallest absolute Gasteiger partial charge is 0.0406 e. The molecule has 1 aliphatic rings. The van der Waals surface area contributed by atoms with Gasteiger partial charge in [0.25, 0.3) is 0 Å². The van der Waals surface area contributed by atoms with Gasteiger partial charge >= 0.3 is 0 Å². The minimum absolute atomic E-state index is 0.683. The number of piperidine rings is 1. The summed E-state index contributed by atoms with van der Waals surface area (Å²) < 4.78 is 0. The molecule has 1 unspecified atom stereocenters. The summed E-state index contributed by atoms with van der Waals surface area (Å²) in [5.41, 5.74) is 1.42. The van der Waals surface area contributed by atoms with Crippen molar-refractivity contribution in [1.82, 2.24) is 4.90 Å². The summed E-state index contributed by atoms with van der Waals surface area (Å²) in [6, 6.07) is 9.01. The lowest BCUT2D eigenvalue weighted by atomic mass is 9.91. The van der Waals surface area contributed by atoms with Crippen LogP contribution in [0.25, 0.3) is 0 Å². The molecule has 0 bridgehead atoms. The van der Waals surface area contributed by atoms with E-state index in [2.05, 4.69) is 30.9 Å². The second-order valence-electron chi connectivity index (χ2n) is 5.43. The van der Waals surface area contributed by atoms with Crippen LogP contribution in [0.1, 0.15) is 32.3 Å². The Morgan fingerprint density at radius 2 is 2.00 bits per heavy atom. The first-order valence-corrected chi connectivity index (χ1v) is 7.01. The van der Waals surface area contributed by atoms with Crippen LogP contribution in [0.15, 0.2) is 24.3 Å². The first-order valence-electron chi connectivity index (χ1n) is 6.63. The summed E-state index contributed by atoms with van der Waals surface area (Å²) in [7, 11) is 0. The topological polar surface area (TPSA) is 3.24 Å². The number of halogens is 1. The highest BCUT2D eigenvalue weighted by Crippen LogP contribution is 2.22. The molecule has 0 saturated carbocycles. The molecule has 94 valence electrons. The number of rotatable bonds is 3. The van der Waals surface area contributed by atoms with Crippen molar-refractivity contribution in [2.75, 3.05) is 13.1 Å². The van der Waals surface area contributed by atoms with E-state index in [0.717, 1.165) is 10.9 Å². The Balaban J connectivity index is 1.92. The van der Waals surface area contributed by atoms with Crippen LogP contribution in [-0.2, 0) is 6.42 Å². The quantitative estimate of drug-likeness (QED) is 0.785. The van der Waals surface area contributed by atoms with Gasteiger partial charge in [0.2, 0.25) is 0 Å². The van der Waals surface area contributed by atoms with Gasteiger partial charge in [-0.15, -0.1) is 0 Å². The predicted octanol–water partition coefficient (Wildman–Crippen LogP) is 4.00. The molecule has 2 heteroatoms. The zero-order chi connectivity index (χ0) is 12.3. The fraction of sp³-hybridized carbons (Fsp3) is 0.600. The largest absolute Gasteiger partial charge is 0.301 e. The van der Waals surface area contributed by atoms with Crippen LogP contribution >= 0.6 is 11.6 Å². The van der Waals surface area contributed by atoms with E-state index in [1.165, 1.54) is 37.9 Å². The average Bonchev–Trinajstić information content (AvgIpc) is 2.32. The SMILES string of the molecule is CC(C)N1CCCC(Cc2ccc(Cl)cc2)C1. The van der Waals surface area contributed by atoms with Gasteiger partial charge in [-0.1, -0.05) is 23.7 Å². The van der Waals surface area contributed by atoms with Gasteiger partial charge in [0, 0.05) is 17.6 Å². The lowest BCUT2D eigenvalue weighted by Gasteiger charge is -2.35. The second-order valence-corrected chi connectivity index (χ2v) is 5.86. The Kier molecular flexibility index (Phi) is 4.47. The van der Waals surface area contributed by atoms with Crippen LogP contribution in [0.3, 0.4) is 0 Å². The molecule has 1 nitrogen and oxygen atoms in total. The molecule has 1 saturated heterocycles. The first kappa shape index (κ1) is 12.9. The third-order valence-electron chi connectivity index (χ3n) is 3.72. The van der Waals surface area contributed by atoms with Gasteiger partial charge in [-0.2, -0.15) is 0 Å². The maximum Gasteiger partial charge on any atom is 0.0406 e. The molecule has 17 heavy (non-hydrogen) atoms. The van der Waals surface area contributed by atoms with Crippen molar-refractivity contribution in [3.63, 3.8) is 0 Å².